The molecule has 4 nitrogen and oxygen atoms in total. The third-order valence-corrected chi connectivity index (χ3v) is 4.71. The number of halogens is 1. The van der Waals surface area contributed by atoms with Gasteiger partial charge in [0.1, 0.15) is 11.5 Å². The van der Waals surface area contributed by atoms with Gasteiger partial charge in [-0.3, -0.25) is 4.79 Å². The molecular weight excluding hydrogens is 374 g/mol. The molecule has 1 amide bonds. The van der Waals surface area contributed by atoms with Crippen LogP contribution in [0.2, 0.25) is 5.02 Å². The molecule has 0 aliphatic carbocycles. The lowest BCUT2D eigenvalue weighted by Crippen LogP contribution is -2.38. The van der Waals surface area contributed by atoms with Crippen LogP contribution in [-0.4, -0.2) is 24.7 Å². The van der Waals surface area contributed by atoms with E-state index in [9.17, 15) is 4.79 Å². The topological polar surface area (TPSA) is 47.6 Å². The highest BCUT2D eigenvalue weighted by Gasteiger charge is 2.18. The molecule has 5 heteroatoms. The largest absolute Gasteiger partial charge is 0.491 e. The van der Waals surface area contributed by atoms with Crippen LogP contribution in [0.3, 0.4) is 0 Å². The molecule has 0 saturated carbocycles. The van der Waals surface area contributed by atoms with Gasteiger partial charge in [0.25, 0.3) is 5.91 Å². The van der Waals surface area contributed by atoms with Crippen molar-refractivity contribution in [2.24, 2.45) is 0 Å². The van der Waals surface area contributed by atoms with Gasteiger partial charge < -0.3 is 14.8 Å². The number of rotatable bonds is 10. The minimum Gasteiger partial charge on any atom is -0.491 e. The summed E-state index contributed by atoms with van der Waals surface area (Å²) in [6.45, 7) is 8.48. The van der Waals surface area contributed by atoms with E-state index >= 15 is 0 Å². The minimum absolute atomic E-state index is 0.0907. The fourth-order valence-corrected chi connectivity index (χ4v) is 2.96. The second kappa shape index (κ2) is 11.0. The van der Waals surface area contributed by atoms with Gasteiger partial charge in [0, 0.05) is 11.6 Å². The maximum atomic E-state index is 12.4. The van der Waals surface area contributed by atoms with E-state index in [0.717, 1.165) is 24.2 Å². The van der Waals surface area contributed by atoms with Gasteiger partial charge in [0.15, 0.2) is 6.10 Å². The van der Waals surface area contributed by atoms with E-state index in [-0.39, 0.29) is 12.0 Å². The smallest absolute Gasteiger partial charge is 0.261 e. The molecule has 1 N–H and O–H groups in total. The van der Waals surface area contributed by atoms with Crippen LogP contribution in [0.15, 0.2) is 42.5 Å². The average molecular weight is 404 g/mol. The third kappa shape index (κ3) is 7.08. The Labute approximate surface area is 173 Å². The molecule has 0 unspecified atom stereocenters. The van der Waals surface area contributed by atoms with Crippen LogP contribution in [0, 0.1) is 6.92 Å². The Hall–Kier alpha value is -2.20. The molecule has 0 aromatic heterocycles. The molecule has 0 saturated heterocycles. The lowest BCUT2D eigenvalue weighted by molar-refractivity contribution is -0.128. The lowest BCUT2D eigenvalue weighted by Gasteiger charge is -2.18. The number of benzene rings is 2. The van der Waals surface area contributed by atoms with Gasteiger partial charge in [0.2, 0.25) is 0 Å². The van der Waals surface area contributed by atoms with Crippen molar-refractivity contribution in [1.29, 1.82) is 0 Å². The molecule has 2 aromatic carbocycles. The average Bonchev–Trinajstić information content (AvgIpc) is 2.65. The van der Waals surface area contributed by atoms with Gasteiger partial charge in [-0.15, -0.1) is 0 Å². The summed E-state index contributed by atoms with van der Waals surface area (Å²) < 4.78 is 11.6. The first-order valence-electron chi connectivity index (χ1n) is 9.85. The highest BCUT2D eigenvalue weighted by molar-refractivity contribution is 6.31. The highest BCUT2D eigenvalue weighted by Crippen LogP contribution is 2.22. The number of aryl methyl sites for hydroxylation is 2. The zero-order valence-electron chi connectivity index (χ0n) is 17.1. The number of ether oxygens (including phenoxy) is 2. The normalized spacial score (nSPS) is 11.9. The number of hydrogen-bond donors (Lipinski definition) is 1. The summed E-state index contributed by atoms with van der Waals surface area (Å²) in [6.07, 6.45) is 1.98. The van der Waals surface area contributed by atoms with Crippen molar-refractivity contribution >= 4 is 17.5 Å². The minimum atomic E-state index is -0.511. The van der Waals surface area contributed by atoms with Crippen molar-refractivity contribution in [3.05, 3.63) is 58.6 Å². The van der Waals surface area contributed by atoms with Gasteiger partial charge in [-0.2, -0.15) is 0 Å². The Morgan fingerprint density at radius 3 is 2.54 bits per heavy atom. The summed E-state index contributed by atoms with van der Waals surface area (Å²) >= 11 is 6.04. The van der Waals surface area contributed by atoms with Crippen molar-refractivity contribution in [3.63, 3.8) is 0 Å². The molecule has 0 bridgehead atoms. The molecule has 2 rings (SSSR count). The molecule has 0 heterocycles. The van der Waals surface area contributed by atoms with E-state index < -0.39 is 6.10 Å². The van der Waals surface area contributed by atoms with E-state index in [1.54, 1.807) is 12.1 Å². The van der Waals surface area contributed by atoms with Crippen molar-refractivity contribution in [3.8, 4) is 11.5 Å². The van der Waals surface area contributed by atoms with E-state index in [0.29, 0.717) is 23.7 Å². The summed E-state index contributed by atoms with van der Waals surface area (Å²) in [4.78, 5) is 12.4. The number of hydrogen-bond acceptors (Lipinski definition) is 3. The van der Waals surface area contributed by atoms with Crippen molar-refractivity contribution in [1.82, 2.24) is 5.32 Å². The standard InChI is InChI=1S/C23H30ClNO3/c1-5-22(28-20-11-12-21(24)17(4)14-20)23(26)25-13-7-9-18-8-6-10-19(15-18)27-16(2)3/h6,8,10-12,14-16,22H,5,7,9,13H2,1-4H3,(H,25,26)/t22-/m1/s1. The lowest BCUT2D eigenvalue weighted by atomic mass is 10.1. The molecule has 2 aromatic rings. The van der Waals surface area contributed by atoms with Gasteiger partial charge in [-0.05, 0) is 81.5 Å². The zero-order valence-corrected chi connectivity index (χ0v) is 17.9. The first-order valence-corrected chi connectivity index (χ1v) is 10.2. The van der Waals surface area contributed by atoms with Crippen LogP contribution < -0.4 is 14.8 Å². The van der Waals surface area contributed by atoms with Crippen molar-refractivity contribution in [2.75, 3.05) is 6.54 Å². The predicted octanol–water partition coefficient (Wildman–Crippen LogP) is 5.34. The SMILES string of the molecule is CC[C@@H](Oc1ccc(Cl)c(C)c1)C(=O)NCCCc1cccc(OC(C)C)c1. The quantitative estimate of drug-likeness (QED) is 0.544. The fraction of sp³-hybridized carbons (Fsp3) is 0.435. The van der Waals surface area contributed by atoms with Crippen LogP contribution in [0.5, 0.6) is 11.5 Å². The molecule has 0 radical (unpaired) electrons. The molecule has 152 valence electrons. The number of amides is 1. The summed E-state index contributed by atoms with van der Waals surface area (Å²) in [6, 6.07) is 13.5. The van der Waals surface area contributed by atoms with E-state index in [2.05, 4.69) is 17.4 Å². The van der Waals surface area contributed by atoms with Crippen LogP contribution >= 0.6 is 11.6 Å². The predicted molar refractivity (Wildman–Crippen MR) is 114 cm³/mol. The Morgan fingerprint density at radius 2 is 1.86 bits per heavy atom. The highest BCUT2D eigenvalue weighted by atomic mass is 35.5. The molecule has 0 aliphatic rings. The Bertz CT molecular complexity index is 776. The monoisotopic (exact) mass is 403 g/mol. The van der Waals surface area contributed by atoms with Gasteiger partial charge >= 0.3 is 0 Å². The zero-order chi connectivity index (χ0) is 20.5. The van der Waals surface area contributed by atoms with Gasteiger partial charge in [-0.25, -0.2) is 0 Å². The molecule has 0 aliphatic heterocycles. The Balaban J connectivity index is 1.79. The first-order chi connectivity index (χ1) is 13.4. The first kappa shape index (κ1) is 22.1. The summed E-state index contributed by atoms with van der Waals surface area (Å²) in [5.74, 6) is 1.45. The number of carbonyl (C=O) groups is 1. The van der Waals surface area contributed by atoms with Gasteiger partial charge in [-0.1, -0.05) is 30.7 Å². The molecule has 28 heavy (non-hydrogen) atoms. The van der Waals surface area contributed by atoms with E-state index in [4.69, 9.17) is 21.1 Å². The Morgan fingerprint density at radius 1 is 1.11 bits per heavy atom. The van der Waals surface area contributed by atoms with Crippen molar-refractivity contribution in [2.45, 2.75) is 59.2 Å². The molecular formula is C23H30ClNO3. The summed E-state index contributed by atoms with van der Waals surface area (Å²) in [5, 5.41) is 3.66. The maximum Gasteiger partial charge on any atom is 0.261 e. The maximum absolute atomic E-state index is 12.4. The summed E-state index contributed by atoms with van der Waals surface area (Å²) in [7, 11) is 0. The Kier molecular flexibility index (Phi) is 8.65. The van der Waals surface area contributed by atoms with Crippen LogP contribution in [-0.2, 0) is 11.2 Å². The molecule has 1 atom stereocenters. The van der Waals surface area contributed by atoms with E-state index in [1.807, 2.05) is 45.9 Å². The second-order valence-electron chi connectivity index (χ2n) is 7.13. The fourth-order valence-electron chi connectivity index (χ4n) is 2.84. The van der Waals surface area contributed by atoms with Crippen molar-refractivity contribution < 1.29 is 14.3 Å². The summed E-state index contributed by atoms with van der Waals surface area (Å²) in [5.41, 5.74) is 2.13. The third-order valence-electron chi connectivity index (χ3n) is 4.28. The van der Waals surface area contributed by atoms with Crippen LogP contribution in [0.25, 0.3) is 0 Å². The number of carbonyl (C=O) groups excluding carboxylic acids is 1. The van der Waals surface area contributed by atoms with Crippen LogP contribution in [0.4, 0.5) is 0 Å². The second-order valence-corrected chi connectivity index (χ2v) is 7.54. The van der Waals surface area contributed by atoms with Gasteiger partial charge in [0.05, 0.1) is 6.10 Å². The molecule has 0 spiro atoms. The van der Waals surface area contributed by atoms with Crippen LogP contribution in [0.1, 0.15) is 44.7 Å². The number of nitrogens with one attached hydrogen (secondary N) is 1. The molecule has 0 fully saturated rings. The van der Waals surface area contributed by atoms with E-state index in [1.165, 1.54) is 5.56 Å².